The van der Waals surface area contributed by atoms with Gasteiger partial charge in [0, 0.05) is 43.4 Å². The molecule has 0 saturated heterocycles. The van der Waals surface area contributed by atoms with Gasteiger partial charge in [-0.05, 0) is 32.4 Å². The number of hydrogen-bond donors (Lipinski definition) is 1. The van der Waals surface area contributed by atoms with E-state index in [0.29, 0.717) is 18.9 Å². The molecule has 0 bridgehead atoms. The maximum atomic E-state index is 10.6. The van der Waals surface area contributed by atoms with Crippen molar-refractivity contribution < 1.29 is 14.7 Å². The van der Waals surface area contributed by atoms with Crippen LogP contribution in [0.5, 0.6) is 11.5 Å². The number of phenolic OH excluding ortho intramolecular Hbond substituents is 1. The highest BCUT2D eigenvalue weighted by Crippen LogP contribution is 2.37. The molecule has 7 nitrogen and oxygen atoms in total. The van der Waals surface area contributed by atoms with Gasteiger partial charge >= 0.3 is 0 Å². The van der Waals surface area contributed by atoms with Crippen LogP contribution in [-0.4, -0.2) is 51.5 Å². The Kier molecular flexibility index (Phi) is 5.17. The Labute approximate surface area is 165 Å². The molecule has 3 heterocycles. The van der Waals surface area contributed by atoms with E-state index in [9.17, 15) is 5.11 Å². The van der Waals surface area contributed by atoms with Crippen LogP contribution in [0.4, 0.5) is 0 Å². The molecule has 2 aromatic rings. The minimum Gasteiger partial charge on any atom is -0.504 e. The number of ether oxygens (including phenoxy) is 1. The summed E-state index contributed by atoms with van der Waals surface area (Å²) in [5.74, 6) is 0.702. The highest BCUT2D eigenvalue weighted by atomic mass is 16.6. The van der Waals surface area contributed by atoms with E-state index in [1.807, 2.05) is 19.9 Å². The molecule has 0 aliphatic carbocycles. The van der Waals surface area contributed by atoms with Crippen molar-refractivity contribution in [1.29, 1.82) is 0 Å². The number of hydrogen-bond acceptors (Lipinski definition) is 7. The van der Waals surface area contributed by atoms with Crippen molar-refractivity contribution in [3.05, 3.63) is 35.3 Å². The van der Waals surface area contributed by atoms with Crippen molar-refractivity contribution in [2.24, 2.45) is 5.16 Å². The lowest BCUT2D eigenvalue weighted by Crippen LogP contribution is -2.33. The molecule has 4 rings (SSSR count). The van der Waals surface area contributed by atoms with Crippen molar-refractivity contribution in [1.82, 2.24) is 14.9 Å². The summed E-state index contributed by atoms with van der Waals surface area (Å²) in [7, 11) is 0. The second-order valence-electron chi connectivity index (χ2n) is 7.46. The molecule has 2 aliphatic rings. The van der Waals surface area contributed by atoms with Gasteiger partial charge in [0.1, 0.15) is 12.7 Å². The smallest absolute Gasteiger partial charge is 0.165 e. The third kappa shape index (κ3) is 3.80. The Morgan fingerprint density at radius 1 is 1.29 bits per heavy atom. The van der Waals surface area contributed by atoms with Gasteiger partial charge in [0.2, 0.25) is 0 Å². The summed E-state index contributed by atoms with van der Waals surface area (Å²) in [6, 6.07) is 3.76. The quantitative estimate of drug-likeness (QED) is 0.875. The normalized spacial score (nSPS) is 19.4. The number of phenols is 1. The molecule has 1 aromatic heterocycles. The molecule has 0 saturated carbocycles. The van der Waals surface area contributed by atoms with Crippen LogP contribution in [0.1, 0.15) is 36.7 Å². The molecule has 0 amide bonds. The number of aryl methyl sites for hydroxylation is 2. The fourth-order valence-electron chi connectivity index (χ4n) is 3.74. The van der Waals surface area contributed by atoms with E-state index in [1.54, 1.807) is 12.3 Å². The molecule has 1 N–H and O–H groups in total. The predicted octanol–water partition coefficient (Wildman–Crippen LogP) is 3.22. The van der Waals surface area contributed by atoms with Gasteiger partial charge in [0.05, 0.1) is 22.8 Å². The zero-order chi connectivity index (χ0) is 19.7. The Hall–Kier alpha value is -2.67. The zero-order valence-electron chi connectivity index (χ0n) is 16.6. The molecule has 0 radical (unpaired) electrons. The standard InChI is InChI=1S/C21H26N4O3/c1-4-17-9-18(28-24-17)12-25-5-6-27-21-16(11-25)7-15(8-19(21)26)20-14(3)22-10-13(2)23-20/h7-8,10,18,26H,4-6,9,11-12H2,1-3H3/t18-/m0/s1. The summed E-state index contributed by atoms with van der Waals surface area (Å²) in [5, 5.41) is 14.7. The van der Waals surface area contributed by atoms with Crippen molar-refractivity contribution in [2.45, 2.75) is 46.3 Å². The van der Waals surface area contributed by atoms with Gasteiger partial charge in [-0.3, -0.25) is 9.88 Å². The highest BCUT2D eigenvalue weighted by molar-refractivity contribution is 5.85. The number of nitrogens with zero attached hydrogens (tertiary/aromatic N) is 4. The first-order chi connectivity index (χ1) is 13.5. The maximum Gasteiger partial charge on any atom is 0.165 e. The highest BCUT2D eigenvalue weighted by Gasteiger charge is 2.26. The predicted molar refractivity (Wildman–Crippen MR) is 107 cm³/mol. The summed E-state index contributed by atoms with van der Waals surface area (Å²) in [5.41, 5.74) is 5.38. The molecular formula is C21H26N4O3. The van der Waals surface area contributed by atoms with Gasteiger partial charge in [-0.2, -0.15) is 0 Å². The van der Waals surface area contributed by atoms with Gasteiger partial charge < -0.3 is 14.7 Å². The van der Waals surface area contributed by atoms with E-state index in [4.69, 9.17) is 9.57 Å². The zero-order valence-corrected chi connectivity index (χ0v) is 16.6. The van der Waals surface area contributed by atoms with Crippen LogP contribution in [0, 0.1) is 13.8 Å². The van der Waals surface area contributed by atoms with Crippen molar-refractivity contribution in [3.63, 3.8) is 0 Å². The van der Waals surface area contributed by atoms with E-state index in [1.165, 1.54) is 0 Å². The Morgan fingerprint density at radius 2 is 2.14 bits per heavy atom. The van der Waals surface area contributed by atoms with E-state index in [0.717, 1.165) is 59.9 Å². The third-order valence-electron chi connectivity index (χ3n) is 5.21. The van der Waals surface area contributed by atoms with Gasteiger partial charge in [0.15, 0.2) is 11.5 Å². The minimum absolute atomic E-state index is 0.0816. The number of benzene rings is 1. The summed E-state index contributed by atoms with van der Waals surface area (Å²) in [6.45, 7) is 8.70. The first-order valence-electron chi connectivity index (χ1n) is 9.76. The van der Waals surface area contributed by atoms with Crippen molar-refractivity contribution >= 4 is 5.71 Å². The van der Waals surface area contributed by atoms with Crippen molar-refractivity contribution in [2.75, 3.05) is 19.7 Å². The van der Waals surface area contributed by atoms with Crippen LogP contribution in [-0.2, 0) is 11.4 Å². The first kappa shape index (κ1) is 18.7. The first-order valence-corrected chi connectivity index (χ1v) is 9.76. The van der Waals surface area contributed by atoms with Gasteiger partial charge in [-0.25, -0.2) is 4.98 Å². The van der Waals surface area contributed by atoms with Crippen LogP contribution in [0.25, 0.3) is 11.3 Å². The van der Waals surface area contributed by atoms with Crippen LogP contribution in [0.3, 0.4) is 0 Å². The molecule has 0 spiro atoms. The maximum absolute atomic E-state index is 10.6. The average molecular weight is 382 g/mol. The molecule has 28 heavy (non-hydrogen) atoms. The second kappa shape index (κ2) is 7.75. The lowest BCUT2D eigenvalue weighted by Gasteiger charge is -2.22. The monoisotopic (exact) mass is 382 g/mol. The Bertz CT molecular complexity index is 913. The Balaban J connectivity index is 1.59. The molecule has 148 valence electrons. The van der Waals surface area contributed by atoms with Crippen molar-refractivity contribution in [3.8, 4) is 22.8 Å². The molecule has 1 atom stereocenters. The SMILES string of the molecule is CCC1=NO[C@H](CN2CCOc3c(O)cc(-c4nc(C)cnc4C)cc3C2)C1. The topological polar surface area (TPSA) is 80.1 Å². The fourth-order valence-corrected chi connectivity index (χ4v) is 3.74. The van der Waals surface area contributed by atoms with Gasteiger partial charge in [0.25, 0.3) is 0 Å². The van der Waals surface area contributed by atoms with E-state index in [-0.39, 0.29) is 11.9 Å². The van der Waals surface area contributed by atoms with Gasteiger partial charge in [-0.1, -0.05) is 12.1 Å². The molecule has 2 aliphatic heterocycles. The number of rotatable bonds is 4. The lowest BCUT2D eigenvalue weighted by atomic mass is 10.0. The summed E-state index contributed by atoms with van der Waals surface area (Å²) < 4.78 is 5.86. The number of oxime groups is 1. The second-order valence-corrected chi connectivity index (χ2v) is 7.46. The van der Waals surface area contributed by atoms with Crippen LogP contribution >= 0.6 is 0 Å². The summed E-state index contributed by atoms with van der Waals surface area (Å²) in [6.07, 6.45) is 3.64. The number of aromatic nitrogens is 2. The molecule has 1 aromatic carbocycles. The van der Waals surface area contributed by atoms with Crippen LogP contribution < -0.4 is 4.74 Å². The third-order valence-corrected chi connectivity index (χ3v) is 5.21. The van der Waals surface area contributed by atoms with Gasteiger partial charge in [-0.15, -0.1) is 0 Å². The van der Waals surface area contributed by atoms with E-state index in [2.05, 4.69) is 26.9 Å². The molecular weight excluding hydrogens is 356 g/mol. The summed E-state index contributed by atoms with van der Waals surface area (Å²) in [4.78, 5) is 16.9. The molecule has 7 heteroatoms. The van der Waals surface area contributed by atoms with E-state index >= 15 is 0 Å². The lowest BCUT2D eigenvalue weighted by molar-refractivity contribution is 0.0489. The van der Waals surface area contributed by atoms with E-state index < -0.39 is 0 Å². The minimum atomic E-state index is 0.0816. The van der Waals surface area contributed by atoms with Crippen LogP contribution in [0.2, 0.25) is 0 Å². The summed E-state index contributed by atoms with van der Waals surface area (Å²) >= 11 is 0. The largest absolute Gasteiger partial charge is 0.504 e. The molecule has 0 unspecified atom stereocenters. The van der Waals surface area contributed by atoms with Crippen LogP contribution in [0.15, 0.2) is 23.5 Å². The molecule has 0 fully saturated rings. The number of aromatic hydroxyl groups is 1. The average Bonchev–Trinajstić information content (AvgIpc) is 3.02. The Morgan fingerprint density at radius 3 is 2.93 bits per heavy atom. The fraction of sp³-hybridized carbons (Fsp3) is 0.476. The number of fused-ring (bicyclic) bond motifs is 1.